The number of aromatic nitrogens is 4. The van der Waals surface area contributed by atoms with Gasteiger partial charge in [-0.2, -0.15) is 5.10 Å². The number of ether oxygens (including phenoxy) is 1. The van der Waals surface area contributed by atoms with Gasteiger partial charge in [0.05, 0.1) is 23.4 Å². The molecule has 21 heavy (non-hydrogen) atoms. The molecule has 1 aliphatic rings. The maximum atomic E-state index is 5.87. The van der Waals surface area contributed by atoms with Gasteiger partial charge in [-0.3, -0.25) is 4.68 Å². The van der Waals surface area contributed by atoms with Crippen LogP contribution in [0.25, 0.3) is 22.4 Å². The first-order valence-corrected chi connectivity index (χ1v) is 7.76. The van der Waals surface area contributed by atoms with Crippen LogP contribution in [-0.2, 0) is 13.6 Å². The van der Waals surface area contributed by atoms with E-state index < -0.39 is 0 Å². The highest BCUT2D eigenvalue weighted by atomic mass is 79.9. The number of rotatable bonds is 1. The fourth-order valence-corrected chi connectivity index (χ4v) is 3.38. The van der Waals surface area contributed by atoms with Crippen LogP contribution in [0.15, 0.2) is 22.8 Å². The van der Waals surface area contributed by atoms with E-state index in [1.54, 1.807) is 0 Å². The maximum Gasteiger partial charge on any atom is 0.146 e. The summed E-state index contributed by atoms with van der Waals surface area (Å²) in [6.45, 7) is 3.67. The predicted molar refractivity (Wildman–Crippen MR) is 84.5 cm³/mol. The highest BCUT2D eigenvalue weighted by Crippen LogP contribution is 2.36. The molecule has 0 bridgehead atoms. The quantitative estimate of drug-likeness (QED) is 0.679. The minimum atomic E-state index is 0.735. The molecule has 0 aliphatic carbocycles. The van der Waals surface area contributed by atoms with Crippen LogP contribution in [0.4, 0.5) is 0 Å². The van der Waals surface area contributed by atoms with Crippen LogP contribution in [0.1, 0.15) is 12.1 Å². The molecule has 108 valence electrons. The lowest BCUT2D eigenvalue weighted by molar-refractivity contribution is 0.315. The number of hydrogen-bond donors (Lipinski definition) is 0. The van der Waals surface area contributed by atoms with Gasteiger partial charge in [0.15, 0.2) is 0 Å². The van der Waals surface area contributed by atoms with Gasteiger partial charge in [-0.1, -0.05) is 15.9 Å². The van der Waals surface area contributed by atoms with Crippen molar-refractivity contribution in [3.8, 4) is 17.1 Å². The normalized spacial score (nSPS) is 14.2. The third-order valence-corrected chi connectivity index (χ3v) is 4.27. The first kappa shape index (κ1) is 12.9. The number of benzene rings is 1. The van der Waals surface area contributed by atoms with E-state index in [0.29, 0.717) is 0 Å². The van der Waals surface area contributed by atoms with E-state index in [9.17, 15) is 0 Å². The molecule has 0 radical (unpaired) electrons. The number of hydrogen-bond acceptors (Lipinski definition) is 3. The molecule has 6 heteroatoms. The van der Waals surface area contributed by atoms with Crippen LogP contribution in [0.3, 0.4) is 0 Å². The average Bonchev–Trinajstić information content (AvgIpc) is 2.85. The molecular weight excluding hydrogens is 332 g/mol. The summed E-state index contributed by atoms with van der Waals surface area (Å²) < 4.78 is 11.0. The fourth-order valence-electron chi connectivity index (χ4n) is 2.95. The maximum absolute atomic E-state index is 5.87. The molecule has 0 fully saturated rings. The molecule has 0 amide bonds. The number of imidazole rings is 1. The van der Waals surface area contributed by atoms with Crippen LogP contribution in [0, 0.1) is 6.92 Å². The first-order valence-electron chi connectivity index (χ1n) is 6.96. The first-order chi connectivity index (χ1) is 10.1. The third kappa shape index (κ3) is 1.97. The van der Waals surface area contributed by atoms with Crippen molar-refractivity contribution in [2.24, 2.45) is 7.05 Å². The van der Waals surface area contributed by atoms with Crippen LogP contribution in [0.2, 0.25) is 0 Å². The summed E-state index contributed by atoms with van der Waals surface area (Å²) in [5.41, 5.74) is 4.11. The lowest BCUT2D eigenvalue weighted by Gasteiger charge is -2.06. The monoisotopic (exact) mass is 346 g/mol. The van der Waals surface area contributed by atoms with Crippen molar-refractivity contribution in [1.29, 1.82) is 0 Å². The summed E-state index contributed by atoms with van der Waals surface area (Å²) >= 11 is 3.54. The number of aryl methyl sites for hydroxylation is 3. The lowest BCUT2D eigenvalue weighted by Crippen LogP contribution is -2.01. The van der Waals surface area contributed by atoms with Gasteiger partial charge in [-0.15, -0.1) is 0 Å². The molecule has 0 atom stereocenters. The largest absolute Gasteiger partial charge is 0.491 e. The van der Waals surface area contributed by atoms with Crippen molar-refractivity contribution in [3.63, 3.8) is 0 Å². The molecule has 3 aromatic rings. The molecule has 2 aromatic heterocycles. The third-order valence-electron chi connectivity index (χ3n) is 3.81. The average molecular weight is 347 g/mol. The predicted octanol–water partition coefficient (Wildman–Crippen LogP) is 3.29. The van der Waals surface area contributed by atoms with E-state index in [2.05, 4.69) is 25.6 Å². The molecule has 0 saturated carbocycles. The van der Waals surface area contributed by atoms with Gasteiger partial charge in [0.1, 0.15) is 17.1 Å². The Hall–Kier alpha value is -1.82. The van der Waals surface area contributed by atoms with Crippen LogP contribution in [0.5, 0.6) is 5.75 Å². The molecule has 0 N–H and O–H groups in total. The molecule has 3 heterocycles. The van der Waals surface area contributed by atoms with Crippen molar-refractivity contribution in [2.45, 2.75) is 19.9 Å². The zero-order valence-corrected chi connectivity index (χ0v) is 13.5. The molecular formula is C15H15BrN4O. The van der Waals surface area contributed by atoms with Gasteiger partial charge in [0.25, 0.3) is 0 Å². The van der Waals surface area contributed by atoms with Crippen molar-refractivity contribution < 1.29 is 4.74 Å². The van der Waals surface area contributed by atoms with Gasteiger partial charge in [0, 0.05) is 24.3 Å². The summed E-state index contributed by atoms with van der Waals surface area (Å²) in [6.07, 6.45) is 3.00. The summed E-state index contributed by atoms with van der Waals surface area (Å²) in [5.74, 6) is 1.87. The van der Waals surface area contributed by atoms with Crippen LogP contribution < -0.4 is 4.74 Å². The summed E-state index contributed by atoms with van der Waals surface area (Å²) in [4.78, 5) is 4.83. The molecule has 0 spiro atoms. The number of nitrogens with zero attached hydrogens (tertiary/aromatic N) is 4. The van der Waals surface area contributed by atoms with Crippen molar-refractivity contribution >= 4 is 27.0 Å². The Morgan fingerprint density at radius 1 is 1.33 bits per heavy atom. The van der Waals surface area contributed by atoms with Crippen molar-refractivity contribution in [3.05, 3.63) is 28.5 Å². The molecule has 5 nitrogen and oxygen atoms in total. The molecule has 0 saturated heterocycles. The number of halogens is 1. The van der Waals surface area contributed by atoms with Gasteiger partial charge in [-0.05, 0) is 25.5 Å². The molecule has 1 aliphatic heterocycles. The molecule has 1 aromatic carbocycles. The SMILES string of the molecule is Cc1nn(C)cc1-c1nc2cc(Br)cc3c2n1CCCO3. The van der Waals surface area contributed by atoms with E-state index in [0.717, 1.165) is 57.9 Å². The van der Waals surface area contributed by atoms with Crippen molar-refractivity contribution in [2.75, 3.05) is 6.61 Å². The Morgan fingerprint density at radius 3 is 2.95 bits per heavy atom. The Labute approximate surface area is 130 Å². The van der Waals surface area contributed by atoms with E-state index in [1.807, 2.05) is 37.0 Å². The van der Waals surface area contributed by atoms with Gasteiger partial charge >= 0.3 is 0 Å². The highest BCUT2D eigenvalue weighted by Gasteiger charge is 2.21. The van der Waals surface area contributed by atoms with Gasteiger partial charge in [-0.25, -0.2) is 4.98 Å². The van der Waals surface area contributed by atoms with E-state index in [1.165, 1.54) is 0 Å². The van der Waals surface area contributed by atoms with Crippen LogP contribution in [-0.4, -0.2) is 25.9 Å². The molecule has 0 unspecified atom stereocenters. The standard InChI is InChI=1S/C15H15BrN4O/c1-9-11(8-19(2)18-9)15-17-12-6-10(16)7-13-14(12)20(15)4-3-5-21-13/h6-8H,3-5H2,1-2H3. The summed E-state index contributed by atoms with van der Waals surface area (Å²) in [5, 5.41) is 4.44. The van der Waals surface area contributed by atoms with Crippen LogP contribution >= 0.6 is 15.9 Å². The zero-order valence-electron chi connectivity index (χ0n) is 11.9. The topological polar surface area (TPSA) is 44.9 Å². The second-order valence-corrected chi connectivity index (χ2v) is 6.28. The summed E-state index contributed by atoms with van der Waals surface area (Å²) in [7, 11) is 1.94. The fraction of sp³-hybridized carbons (Fsp3) is 0.333. The highest BCUT2D eigenvalue weighted by molar-refractivity contribution is 9.10. The van der Waals surface area contributed by atoms with E-state index in [4.69, 9.17) is 9.72 Å². The second-order valence-electron chi connectivity index (χ2n) is 5.36. The Kier molecular flexibility index (Phi) is 2.82. The minimum Gasteiger partial charge on any atom is -0.491 e. The Balaban J connectivity index is 2.06. The molecule has 4 rings (SSSR count). The van der Waals surface area contributed by atoms with Gasteiger partial charge < -0.3 is 9.30 Å². The van der Waals surface area contributed by atoms with E-state index >= 15 is 0 Å². The lowest BCUT2D eigenvalue weighted by atomic mass is 10.2. The smallest absolute Gasteiger partial charge is 0.146 e. The van der Waals surface area contributed by atoms with E-state index in [-0.39, 0.29) is 0 Å². The van der Waals surface area contributed by atoms with Crippen molar-refractivity contribution in [1.82, 2.24) is 19.3 Å². The van der Waals surface area contributed by atoms with Gasteiger partial charge in [0.2, 0.25) is 0 Å². The zero-order chi connectivity index (χ0) is 14.6. The minimum absolute atomic E-state index is 0.735. The second kappa shape index (κ2) is 4.59. The summed E-state index contributed by atoms with van der Waals surface area (Å²) in [6, 6.07) is 4.06. The Morgan fingerprint density at radius 2 is 2.19 bits per heavy atom. The Bertz CT molecular complexity index is 849.